The van der Waals surface area contributed by atoms with E-state index >= 15 is 0 Å². The van der Waals surface area contributed by atoms with Crippen LogP contribution in [0.25, 0.3) is 0 Å². The molecule has 0 spiro atoms. The van der Waals surface area contributed by atoms with Gasteiger partial charge in [0.1, 0.15) is 5.82 Å². The van der Waals surface area contributed by atoms with Crippen LogP contribution in [0.1, 0.15) is 0 Å². The molecule has 2 N–H and O–H groups in total. The van der Waals surface area contributed by atoms with Crippen molar-refractivity contribution in [3.63, 3.8) is 0 Å². The molecular weight excluding hydrogens is 350 g/mol. The summed E-state index contributed by atoms with van der Waals surface area (Å²) < 4.78 is 51.9. The van der Waals surface area contributed by atoms with Crippen molar-refractivity contribution >= 4 is 27.7 Å². The third-order valence-electron chi connectivity index (χ3n) is 2.45. The summed E-state index contributed by atoms with van der Waals surface area (Å²) >= 11 is 2.89. The largest absolute Gasteiger partial charge is 0.478 e. The minimum absolute atomic E-state index is 0.0432. The van der Waals surface area contributed by atoms with Gasteiger partial charge in [0.05, 0.1) is 16.2 Å². The SMILES string of the molecule is O=C(O)C1=C(C(F)(F)F)N(c2ncc(F)cc2Br)NC1. The van der Waals surface area contributed by atoms with Crippen LogP contribution in [0.5, 0.6) is 0 Å². The Morgan fingerprint density at radius 1 is 1.50 bits per heavy atom. The molecule has 0 saturated heterocycles. The number of hydrazine groups is 1. The van der Waals surface area contributed by atoms with Gasteiger partial charge < -0.3 is 5.11 Å². The molecule has 0 radical (unpaired) electrons. The van der Waals surface area contributed by atoms with Crippen LogP contribution in [0.3, 0.4) is 0 Å². The van der Waals surface area contributed by atoms with Crippen LogP contribution in [-0.2, 0) is 4.79 Å². The van der Waals surface area contributed by atoms with E-state index in [1.54, 1.807) is 0 Å². The average molecular weight is 356 g/mol. The van der Waals surface area contributed by atoms with Crippen molar-refractivity contribution in [3.05, 3.63) is 33.8 Å². The first-order valence-corrected chi connectivity index (χ1v) is 5.89. The molecule has 0 aliphatic carbocycles. The number of carboxylic acid groups (broad SMARTS) is 1. The Morgan fingerprint density at radius 2 is 2.15 bits per heavy atom. The Balaban J connectivity index is 2.55. The number of halogens is 5. The van der Waals surface area contributed by atoms with E-state index in [4.69, 9.17) is 5.11 Å². The van der Waals surface area contributed by atoms with Crippen LogP contribution in [0.4, 0.5) is 23.4 Å². The van der Waals surface area contributed by atoms with Gasteiger partial charge >= 0.3 is 12.1 Å². The highest BCUT2D eigenvalue weighted by Gasteiger charge is 2.46. The first-order valence-electron chi connectivity index (χ1n) is 5.10. The van der Waals surface area contributed by atoms with Gasteiger partial charge in [-0.1, -0.05) is 0 Å². The number of carboxylic acids is 1. The zero-order valence-electron chi connectivity index (χ0n) is 9.50. The lowest BCUT2D eigenvalue weighted by Crippen LogP contribution is -2.37. The van der Waals surface area contributed by atoms with Crippen LogP contribution in [0.15, 0.2) is 28.0 Å². The zero-order chi connectivity index (χ0) is 15.1. The van der Waals surface area contributed by atoms with Crippen LogP contribution in [-0.4, -0.2) is 28.8 Å². The summed E-state index contributed by atoms with van der Waals surface area (Å²) in [7, 11) is 0. The molecule has 10 heteroatoms. The third-order valence-corrected chi connectivity index (χ3v) is 3.03. The number of anilines is 1. The highest BCUT2D eigenvalue weighted by atomic mass is 79.9. The number of nitrogens with zero attached hydrogens (tertiary/aromatic N) is 2. The van der Waals surface area contributed by atoms with Gasteiger partial charge in [-0.3, -0.25) is 5.01 Å². The van der Waals surface area contributed by atoms with Gasteiger partial charge in [0.15, 0.2) is 11.5 Å². The monoisotopic (exact) mass is 355 g/mol. The van der Waals surface area contributed by atoms with Crippen molar-refractivity contribution in [3.8, 4) is 0 Å². The van der Waals surface area contributed by atoms with Crippen LogP contribution in [0, 0.1) is 5.82 Å². The van der Waals surface area contributed by atoms with Gasteiger partial charge in [0.2, 0.25) is 0 Å². The second-order valence-corrected chi connectivity index (χ2v) is 4.61. The lowest BCUT2D eigenvalue weighted by molar-refractivity contribution is -0.133. The molecule has 0 unspecified atom stereocenters. The summed E-state index contributed by atoms with van der Waals surface area (Å²) in [6.07, 6.45) is -4.17. The van der Waals surface area contributed by atoms with Gasteiger partial charge in [-0.2, -0.15) is 13.2 Å². The number of nitrogens with one attached hydrogen (secondary N) is 1. The standard InChI is InChI=1S/C10H6BrF4N3O2/c11-6-1-4(12)2-16-8(6)18-7(10(13,14)15)5(3-17-18)9(19)20/h1-2,17H,3H2,(H,19,20). The predicted molar refractivity (Wildman–Crippen MR) is 63.1 cm³/mol. The summed E-state index contributed by atoms with van der Waals surface area (Å²) in [5, 5.41) is 9.29. The molecule has 108 valence electrons. The number of carbonyl (C=O) groups is 1. The van der Waals surface area contributed by atoms with Gasteiger partial charge in [-0.05, 0) is 22.0 Å². The number of rotatable bonds is 2. The molecule has 0 saturated carbocycles. The van der Waals surface area contributed by atoms with Gasteiger partial charge in [0.25, 0.3) is 0 Å². The molecular formula is C10H6BrF4N3O2. The fraction of sp³-hybridized carbons (Fsp3) is 0.200. The molecule has 1 aliphatic rings. The first kappa shape index (κ1) is 14.7. The topological polar surface area (TPSA) is 65.5 Å². The summed E-state index contributed by atoms with van der Waals surface area (Å²) in [4.78, 5) is 14.4. The van der Waals surface area contributed by atoms with E-state index in [1.807, 2.05) is 0 Å². The van der Waals surface area contributed by atoms with Crippen molar-refractivity contribution in [2.75, 3.05) is 11.6 Å². The maximum absolute atomic E-state index is 13.0. The Labute approximate surface area is 118 Å². The molecule has 0 amide bonds. The van der Waals surface area contributed by atoms with E-state index in [1.165, 1.54) is 0 Å². The van der Waals surface area contributed by atoms with E-state index < -0.39 is 35.8 Å². The quantitative estimate of drug-likeness (QED) is 0.796. The Kier molecular flexibility index (Phi) is 3.69. The van der Waals surface area contributed by atoms with Crippen molar-refractivity contribution in [1.29, 1.82) is 0 Å². The van der Waals surface area contributed by atoms with Crippen LogP contribution >= 0.6 is 15.9 Å². The molecule has 0 bridgehead atoms. The van der Waals surface area contributed by atoms with E-state index in [9.17, 15) is 22.4 Å². The van der Waals surface area contributed by atoms with Gasteiger partial charge in [-0.25, -0.2) is 19.6 Å². The summed E-state index contributed by atoms with van der Waals surface area (Å²) in [6, 6.07) is 0.927. The molecule has 1 aromatic rings. The lowest BCUT2D eigenvalue weighted by atomic mass is 10.2. The molecule has 5 nitrogen and oxygen atoms in total. The molecule has 1 aliphatic heterocycles. The molecule has 1 aromatic heterocycles. The highest BCUT2D eigenvalue weighted by molar-refractivity contribution is 9.10. The maximum Gasteiger partial charge on any atom is 0.433 e. The normalized spacial score (nSPS) is 15.9. The summed E-state index contributed by atoms with van der Waals surface area (Å²) in [6.45, 7) is -0.518. The molecule has 2 heterocycles. The minimum Gasteiger partial charge on any atom is -0.478 e. The van der Waals surface area contributed by atoms with Crippen molar-refractivity contribution in [1.82, 2.24) is 10.4 Å². The number of hydrogen-bond donors (Lipinski definition) is 2. The van der Waals surface area contributed by atoms with E-state index in [2.05, 4.69) is 26.3 Å². The summed E-state index contributed by atoms with van der Waals surface area (Å²) in [5.74, 6) is -2.71. The minimum atomic E-state index is -4.90. The second kappa shape index (κ2) is 5.02. The number of aromatic nitrogens is 1. The number of aliphatic carboxylic acids is 1. The van der Waals surface area contributed by atoms with E-state index in [0.717, 1.165) is 12.3 Å². The maximum atomic E-state index is 13.0. The number of allylic oxidation sites excluding steroid dienone is 1. The Bertz CT molecular complexity index is 603. The van der Waals surface area contributed by atoms with Crippen LogP contribution < -0.4 is 10.4 Å². The number of alkyl halides is 3. The molecule has 2 rings (SSSR count). The fourth-order valence-corrected chi connectivity index (χ4v) is 2.18. The van der Waals surface area contributed by atoms with E-state index in [-0.39, 0.29) is 10.3 Å². The number of hydrogen-bond acceptors (Lipinski definition) is 4. The molecule has 0 fully saturated rings. The van der Waals surface area contributed by atoms with Crippen LogP contribution in [0.2, 0.25) is 0 Å². The fourth-order valence-electron chi connectivity index (χ4n) is 1.68. The summed E-state index contributed by atoms with van der Waals surface area (Å²) in [5.41, 5.74) is 0.0428. The predicted octanol–water partition coefficient (Wildman–Crippen LogP) is 2.21. The Morgan fingerprint density at radius 3 is 2.65 bits per heavy atom. The average Bonchev–Trinajstić information content (AvgIpc) is 2.73. The molecule has 20 heavy (non-hydrogen) atoms. The Hall–Kier alpha value is -1.68. The first-order chi connectivity index (χ1) is 9.21. The van der Waals surface area contributed by atoms with Crippen molar-refractivity contribution in [2.45, 2.75) is 6.18 Å². The van der Waals surface area contributed by atoms with Crippen molar-refractivity contribution in [2.24, 2.45) is 0 Å². The third kappa shape index (κ3) is 2.61. The molecule has 0 aromatic carbocycles. The zero-order valence-corrected chi connectivity index (χ0v) is 11.1. The van der Waals surface area contributed by atoms with Crippen molar-refractivity contribution < 1.29 is 27.5 Å². The number of pyridine rings is 1. The lowest BCUT2D eigenvalue weighted by Gasteiger charge is -2.23. The molecule has 0 atom stereocenters. The smallest absolute Gasteiger partial charge is 0.433 e. The van der Waals surface area contributed by atoms with Gasteiger partial charge in [-0.15, -0.1) is 0 Å². The highest BCUT2D eigenvalue weighted by Crippen LogP contribution is 2.37. The van der Waals surface area contributed by atoms with E-state index in [0.29, 0.717) is 5.01 Å². The van der Waals surface area contributed by atoms with Gasteiger partial charge in [0, 0.05) is 6.54 Å². The second-order valence-electron chi connectivity index (χ2n) is 3.76.